The van der Waals surface area contributed by atoms with E-state index in [4.69, 9.17) is 0 Å². The van der Waals surface area contributed by atoms with Gasteiger partial charge in [0.15, 0.2) is 0 Å². The largest absolute Gasteiger partial charge is 0.340 e. The number of thioether (sulfide) groups is 1. The molecule has 0 saturated heterocycles. The Morgan fingerprint density at radius 3 is 2.42 bits per heavy atom. The smallest absolute Gasteiger partial charge is 0.131 e. The van der Waals surface area contributed by atoms with Crippen LogP contribution in [0.1, 0.15) is 25.0 Å². The van der Waals surface area contributed by atoms with Gasteiger partial charge in [-0.2, -0.15) is 0 Å². The molecule has 0 aliphatic carbocycles. The molecular weight excluding hydrogens is 343 g/mol. The molecule has 0 aliphatic heterocycles. The molecule has 0 aromatic heterocycles. The van der Waals surface area contributed by atoms with Crippen LogP contribution in [0, 0.1) is 12.7 Å². The molecule has 0 radical (unpaired) electrons. The third-order valence-electron chi connectivity index (χ3n) is 3.60. The van der Waals surface area contributed by atoms with Gasteiger partial charge in [-0.05, 0) is 68.3 Å². The van der Waals surface area contributed by atoms with Gasteiger partial charge in [-0.3, -0.25) is 0 Å². The van der Waals surface area contributed by atoms with E-state index in [1.807, 2.05) is 13.8 Å². The van der Waals surface area contributed by atoms with Crippen LogP contribution in [0.3, 0.4) is 0 Å². The summed E-state index contributed by atoms with van der Waals surface area (Å²) in [5.74, 6) is 0.424. The minimum absolute atomic E-state index is 0.224. The van der Waals surface area contributed by atoms with Gasteiger partial charge in [0.2, 0.25) is 0 Å². The zero-order valence-electron chi connectivity index (χ0n) is 15.3. The maximum absolute atomic E-state index is 13.4. The van der Waals surface area contributed by atoms with Crippen LogP contribution >= 0.6 is 11.8 Å². The van der Waals surface area contributed by atoms with Crippen molar-refractivity contribution >= 4 is 28.1 Å². The van der Waals surface area contributed by atoms with Crippen LogP contribution in [0.15, 0.2) is 83.5 Å². The van der Waals surface area contributed by atoms with Gasteiger partial charge in [0.1, 0.15) is 11.6 Å². The summed E-state index contributed by atoms with van der Waals surface area (Å²) in [7, 11) is 0. The summed E-state index contributed by atoms with van der Waals surface area (Å²) in [6.07, 6.45) is 3.45. The highest BCUT2D eigenvalue weighted by Gasteiger charge is 2.03. The number of hydrogen-bond acceptors (Lipinski definition) is 3. The fourth-order valence-electron chi connectivity index (χ4n) is 2.26. The molecule has 0 saturated carbocycles. The number of anilines is 1. The molecule has 0 unspecified atom stereocenters. The molecule has 4 heteroatoms. The van der Waals surface area contributed by atoms with Crippen molar-refractivity contribution in [1.82, 2.24) is 0 Å². The number of allylic oxidation sites excluding steroid dienone is 3. The molecule has 2 nitrogen and oxygen atoms in total. The maximum Gasteiger partial charge on any atom is 0.131 e. The molecule has 1 N–H and O–H groups in total. The zero-order valence-corrected chi connectivity index (χ0v) is 16.2. The second kappa shape index (κ2) is 9.20. The van der Waals surface area contributed by atoms with Crippen LogP contribution in [0.5, 0.6) is 0 Å². The number of nitrogens with zero attached hydrogens (tertiary/aromatic N) is 1. The second-order valence-corrected chi connectivity index (χ2v) is 7.18. The van der Waals surface area contributed by atoms with Crippen molar-refractivity contribution in [3.05, 3.63) is 90.5 Å². The number of aryl methyl sites for hydroxylation is 1. The quantitative estimate of drug-likeness (QED) is 0.263. The van der Waals surface area contributed by atoms with Crippen molar-refractivity contribution in [3.63, 3.8) is 0 Å². The summed E-state index contributed by atoms with van der Waals surface area (Å²) in [6, 6.07) is 13.1. The lowest BCUT2D eigenvalue weighted by Crippen LogP contribution is -2.00. The Labute approximate surface area is 159 Å². The molecule has 0 heterocycles. The molecule has 0 atom stereocenters. The van der Waals surface area contributed by atoms with E-state index in [2.05, 4.69) is 47.7 Å². The van der Waals surface area contributed by atoms with E-state index in [0.29, 0.717) is 11.4 Å². The summed E-state index contributed by atoms with van der Waals surface area (Å²) in [6.45, 7) is 13.4. The zero-order chi connectivity index (χ0) is 19.1. The molecule has 0 spiro atoms. The highest BCUT2D eigenvalue weighted by molar-refractivity contribution is 8.13. The first-order valence-electron chi connectivity index (χ1n) is 8.24. The first kappa shape index (κ1) is 19.7. The highest BCUT2D eigenvalue weighted by Crippen LogP contribution is 2.23. The average molecular weight is 367 g/mol. The predicted molar refractivity (Wildman–Crippen MR) is 113 cm³/mol. The molecule has 26 heavy (non-hydrogen) atoms. The summed E-state index contributed by atoms with van der Waals surface area (Å²) in [5, 5.41) is 4.08. The van der Waals surface area contributed by atoms with Crippen molar-refractivity contribution in [1.29, 1.82) is 0 Å². The highest BCUT2D eigenvalue weighted by atomic mass is 32.2. The van der Waals surface area contributed by atoms with Crippen molar-refractivity contribution < 1.29 is 4.39 Å². The normalized spacial score (nSPS) is 12.0. The SMILES string of the molecule is C=C/C=C(\N=C(/C)Sc1ccc(C(=C)C)cc1)Nc1ccc(F)c(C)c1. The number of rotatable bonds is 6. The molecule has 0 fully saturated rings. The first-order chi connectivity index (χ1) is 12.4. The van der Waals surface area contributed by atoms with E-state index in [1.165, 1.54) is 6.07 Å². The van der Waals surface area contributed by atoms with Crippen molar-refractivity contribution in [2.75, 3.05) is 5.32 Å². The fourth-order valence-corrected chi connectivity index (χ4v) is 3.02. The van der Waals surface area contributed by atoms with Gasteiger partial charge in [0, 0.05) is 10.6 Å². The van der Waals surface area contributed by atoms with Crippen LogP contribution in [0.2, 0.25) is 0 Å². The Hall–Kier alpha value is -2.59. The van der Waals surface area contributed by atoms with E-state index in [1.54, 1.807) is 43.0 Å². The van der Waals surface area contributed by atoms with Gasteiger partial charge in [-0.1, -0.05) is 48.7 Å². The van der Waals surface area contributed by atoms with Crippen LogP contribution < -0.4 is 5.32 Å². The summed E-state index contributed by atoms with van der Waals surface area (Å²) >= 11 is 1.58. The molecule has 2 rings (SSSR count). The summed E-state index contributed by atoms with van der Waals surface area (Å²) < 4.78 is 13.4. The average Bonchev–Trinajstić information content (AvgIpc) is 2.58. The lowest BCUT2D eigenvalue weighted by atomic mass is 10.1. The summed E-state index contributed by atoms with van der Waals surface area (Å²) in [5.41, 5.74) is 3.54. The standard InChI is InChI=1S/C22H23FN2S/c1-6-7-22(25-19-10-13-21(23)16(4)14-19)24-17(5)26-20-11-8-18(9-12-20)15(2)3/h6-14,25H,1-2H2,3-5H3/b22-7+,24-17+. The van der Waals surface area contributed by atoms with Crippen LogP contribution in [-0.2, 0) is 0 Å². The van der Waals surface area contributed by atoms with Gasteiger partial charge in [-0.25, -0.2) is 9.38 Å². The minimum atomic E-state index is -0.224. The topological polar surface area (TPSA) is 24.4 Å². The number of hydrogen-bond donors (Lipinski definition) is 1. The Bertz CT molecular complexity index is 864. The number of benzene rings is 2. The minimum Gasteiger partial charge on any atom is -0.340 e. The van der Waals surface area contributed by atoms with E-state index < -0.39 is 0 Å². The van der Waals surface area contributed by atoms with Crippen LogP contribution in [0.4, 0.5) is 10.1 Å². The van der Waals surface area contributed by atoms with Gasteiger partial charge >= 0.3 is 0 Å². The van der Waals surface area contributed by atoms with E-state index in [0.717, 1.165) is 26.8 Å². The molecule has 0 amide bonds. The predicted octanol–water partition coefficient (Wildman–Crippen LogP) is 6.82. The van der Waals surface area contributed by atoms with Crippen LogP contribution in [-0.4, -0.2) is 5.04 Å². The first-order valence-corrected chi connectivity index (χ1v) is 9.05. The molecule has 2 aromatic rings. The Morgan fingerprint density at radius 2 is 1.85 bits per heavy atom. The van der Waals surface area contributed by atoms with E-state index >= 15 is 0 Å². The monoisotopic (exact) mass is 366 g/mol. The van der Waals surface area contributed by atoms with Gasteiger partial charge in [-0.15, -0.1) is 0 Å². The van der Waals surface area contributed by atoms with E-state index in [-0.39, 0.29) is 5.82 Å². The van der Waals surface area contributed by atoms with Gasteiger partial charge in [0.05, 0.1) is 5.04 Å². The van der Waals surface area contributed by atoms with Crippen molar-refractivity contribution in [3.8, 4) is 0 Å². The third-order valence-corrected chi connectivity index (χ3v) is 4.49. The lowest BCUT2D eigenvalue weighted by Gasteiger charge is -2.09. The van der Waals surface area contributed by atoms with Crippen molar-refractivity contribution in [2.24, 2.45) is 4.99 Å². The van der Waals surface area contributed by atoms with Gasteiger partial charge in [0.25, 0.3) is 0 Å². The third kappa shape index (κ3) is 5.74. The molecule has 134 valence electrons. The Morgan fingerprint density at radius 1 is 1.15 bits per heavy atom. The Balaban J connectivity index is 2.13. The van der Waals surface area contributed by atoms with Crippen LogP contribution in [0.25, 0.3) is 5.57 Å². The van der Waals surface area contributed by atoms with E-state index in [9.17, 15) is 4.39 Å². The molecule has 0 aliphatic rings. The number of nitrogens with one attached hydrogen (secondary N) is 1. The molecular formula is C22H23FN2S. The fraction of sp³-hybridized carbons (Fsp3) is 0.136. The number of halogens is 1. The summed E-state index contributed by atoms with van der Waals surface area (Å²) in [4.78, 5) is 5.72. The number of aliphatic imine (C=N–C) groups is 1. The van der Waals surface area contributed by atoms with Gasteiger partial charge < -0.3 is 5.32 Å². The van der Waals surface area contributed by atoms with Crippen molar-refractivity contribution in [2.45, 2.75) is 25.7 Å². The molecule has 2 aromatic carbocycles. The maximum atomic E-state index is 13.4. The molecule has 0 bridgehead atoms. The second-order valence-electron chi connectivity index (χ2n) is 5.91. The Kier molecular flexibility index (Phi) is 6.98. The lowest BCUT2D eigenvalue weighted by molar-refractivity contribution is 0.619.